The summed E-state index contributed by atoms with van der Waals surface area (Å²) in [6.45, 7) is 3.20. The molecule has 2 heteroatoms. The Morgan fingerprint density at radius 2 is 2.21 bits per heavy atom. The van der Waals surface area contributed by atoms with Gasteiger partial charge in [0.1, 0.15) is 0 Å². The summed E-state index contributed by atoms with van der Waals surface area (Å²) in [4.78, 5) is 0. The fourth-order valence-corrected chi connectivity index (χ4v) is 3.29. The minimum Gasteiger partial charge on any atom is -0.472 e. The van der Waals surface area contributed by atoms with Crippen LogP contribution in [0.1, 0.15) is 36.0 Å². The van der Waals surface area contributed by atoms with Crippen LogP contribution in [0.3, 0.4) is 0 Å². The van der Waals surface area contributed by atoms with Crippen molar-refractivity contribution >= 4 is 0 Å². The average molecular weight is 255 g/mol. The molecule has 2 nitrogen and oxygen atoms in total. The summed E-state index contributed by atoms with van der Waals surface area (Å²) in [6, 6.07) is 11.5. The zero-order valence-electron chi connectivity index (χ0n) is 11.4. The van der Waals surface area contributed by atoms with E-state index in [1.54, 1.807) is 6.26 Å². The maximum absolute atomic E-state index is 5.20. The molecule has 2 atom stereocenters. The highest BCUT2D eigenvalue weighted by atomic mass is 16.3. The lowest BCUT2D eigenvalue weighted by Gasteiger charge is -2.25. The zero-order valence-corrected chi connectivity index (χ0v) is 11.4. The first-order valence-electron chi connectivity index (χ1n) is 7.20. The Labute approximate surface area is 114 Å². The third-order valence-electron chi connectivity index (χ3n) is 4.17. The number of hydrogen-bond donors (Lipinski definition) is 1. The van der Waals surface area contributed by atoms with E-state index in [4.69, 9.17) is 4.42 Å². The molecule has 0 fully saturated rings. The largest absolute Gasteiger partial charge is 0.472 e. The van der Waals surface area contributed by atoms with Gasteiger partial charge in [-0.05, 0) is 48.6 Å². The van der Waals surface area contributed by atoms with E-state index in [-0.39, 0.29) is 0 Å². The fourth-order valence-electron chi connectivity index (χ4n) is 3.29. The Kier molecular flexibility index (Phi) is 3.69. The molecule has 3 rings (SSSR count). The Bertz CT molecular complexity index is 518. The molecule has 0 amide bonds. The van der Waals surface area contributed by atoms with Gasteiger partial charge in [0.05, 0.1) is 12.5 Å². The molecule has 1 aliphatic rings. The van der Waals surface area contributed by atoms with Gasteiger partial charge in [-0.2, -0.15) is 0 Å². The Hall–Kier alpha value is -1.54. The molecule has 2 unspecified atom stereocenters. The third-order valence-corrected chi connectivity index (χ3v) is 4.17. The topological polar surface area (TPSA) is 25.2 Å². The average Bonchev–Trinajstić information content (AvgIpc) is 3.07. The number of fused-ring (bicyclic) bond motifs is 1. The summed E-state index contributed by atoms with van der Waals surface area (Å²) in [7, 11) is 0. The van der Waals surface area contributed by atoms with E-state index >= 15 is 0 Å². The number of benzene rings is 1. The second-order valence-electron chi connectivity index (χ2n) is 5.34. The first-order valence-corrected chi connectivity index (χ1v) is 7.20. The van der Waals surface area contributed by atoms with Crippen LogP contribution in [0.5, 0.6) is 0 Å². The van der Waals surface area contributed by atoms with Crippen LogP contribution in [0, 0.1) is 0 Å². The molecular formula is C17H21NO. The molecule has 0 saturated heterocycles. The summed E-state index contributed by atoms with van der Waals surface area (Å²) in [6.07, 6.45) is 7.15. The van der Waals surface area contributed by atoms with Crippen LogP contribution in [0.15, 0.2) is 47.3 Å². The van der Waals surface area contributed by atoms with Crippen LogP contribution in [0.25, 0.3) is 0 Å². The maximum atomic E-state index is 5.20. The van der Waals surface area contributed by atoms with E-state index in [2.05, 4.69) is 42.6 Å². The van der Waals surface area contributed by atoms with Gasteiger partial charge in [0.15, 0.2) is 0 Å². The summed E-state index contributed by atoms with van der Waals surface area (Å²) >= 11 is 0. The highest BCUT2D eigenvalue weighted by Gasteiger charge is 2.29. The summed E-state index contributed by atoms with van der Waals surface area (Å²) in [5, 5.41) is 3.66. The predicted molar refractivity (Wildman–Crippen MR) is 77.4 cm³/mol. The van der Waals surface area contributed by atoms with E-state index in [1.165, 1.54) is 29.5 Å². The predicted octanol–water partition coefficient (Wildman–Crippen LogP) is 3.53. The number of hydrogen-bond acceptors (Lipinski definition) is 2. The van der Waals surface area contributed by atoms with Crippen molar-refractivity contribution < 1.29 is 4.42 Å². The fraction of sp³-hybridized carbons (Fsp3) is 0.412. The van der Waals surface area contributed by atoms with Gasteiger partial charge in [-0.25, -0.2) is 0 Å². The number of nitrogens with one attached hydrogen (secondary N) is 1. The number of likely N-dealkylation sites (N-methyl/N-ethyl adjacent to an activating group) is 1. The van der Waals surface area contributed by atoms with Crippen LogP contribution in [0.4, 0.5) is 0 Å². The van der Waals surface area contributed by atoms with E-state index in [1.807, 2.05) is 6.26 Å². The molecule has 1 aromatic heterocycles. The van der Waals surface area contributed by atoms with Crippen molar-refractivity contribution in [3.05, 3.63) is 59.5 Å². The molecule has 0 aliphatic heterocycles. The van der Waals surface area contributed by atoms with Crippen LogP contribution < -0.4 is 5.32 Å². The van der Waals surface area contributed by atoms with E-state index < -0.39 is 0 Å². The van der Waals surface area contributed by atoms with Gasteiger partial charge in [-0.3, -0.25) is 0 Å². The number of furan rings is 1. The van der Waals surface area contributed by atoms with Gasteiger partial charge in [-0.1, -0.05) is 31.2 Å². The third kappa shape index (κ3) is 2.59. The quantitative estimate of drug-likeness (QED) is 0.884. The van der Waals surface area contributed by atoms with Crippen molar-refractivity contribution in [3.63, 3.8) is 0 Å². The van der Waals surface area contributed by atoms with Crippen LogP contribution in [0.2, 0.25) is 0 Å². The number of aryl methyl sites for hydroxylation is 1. The van der Waals surface area contributed by atoms with Gasteiger partial charge in [0.25, 0.3) is 0 Å². The molecule has 2 aromatic rings. The molecule has 19 heavy (non-hydrogen) atoms. The molecule has 1 aliphatic carbocycles. The summed E-state index contributed by atoms with van der Waals surface area (Å²) in [5.74, 6) is 0.631. The Morgan fingerprint density at radius 1 is 1.32 bits per heavy atom. The lowest BCUT2D eigenvalue weighted by Crippen LogP contribution is -2.35. The second kappa shape index (κ2) is 5.62. The van der Waals surface area contributed by atoms with Crippen molar-refractivity contribution in [2.45, 2.75) is 38.1 Å². The molecule has 100 valence electrons. The number of rotatable bonds is 5. The minimum atomic E-state index is 0.506. The normalized spacial score (nSPS) is 19.3. The van der Waals surface area contributed by atoms with Crippen molar-refractivity contribution in [2.24, 2.45) is 0 Å². The summed E-state index contributed by atoms with van der Waals surface area (Å²) in [5.41, 5.74) is 4.36. The van der Waals surface area contributed by atoms with Crippen LogP contribution in [-0.4, -0.2) is 12.6 Å². The SMILES string of the molecule is CCNC(Cc1ccoc1)C1CCc2ccccc21. The van der Waals surface area contributed by atoms with Gasteiger partial charge >= 0.3 is 0 Å². The molecule has 0 spiro atoms. The molecule has 0 radical (unpaired) electrons. The van der Waals surface area contributed by atoms with Crippen molar-refractivity contribution in [3.8, 4) is 0 Å². The molecule has 1 aromatic carbocycles. The standard InChI is InChI=1S/C17H21NO/c1-2-18-17(11-13-9-10-19-12-13)16-8-7-14-5-3-4-6-15(14)16/h3-6,9-10,12,16-18H,2,7-8,11H2,1H3. The minimum absolute atomic E-state index is 0.506. The van der Waals surface area contributed by atoms with Gasteiger partial charge in [0.2, 0.25) is 0 Å². The molecule has 1 heterocycles. The van der Waals surface area contributed by atoms with Crippen LogP contribution >= 0.6 is 0 Å². The first kappa shape index (κ1) is 12.5. The molecule has 0 saturated carbocycles. The van der Waals surface area contributed by atoms with Gasteiger partial charge in [-0.15, -0.1) is 0 Å². The highest BCUT2D eigenvalue weighted by molar-refractivity contribution is 5.36. The molecule has 1 N–H and O–H groups in total. The highest BCUT2D eigenvalue weighted by Crippen LogP contribution is 2.36. The lowest BCUT2D eigenvalue weighted by atomic mass is 9.89. The maximum Gasteiger partial charge on any atom is 0.0935 e. The Balaban J connectivity index is 1.81. The smallest absolute Gasteiger partial charge is 0.0935 e. The Morgan fingerprint density at radius 3 is 3.00 bits per heavy atom. The monoisotopic (exact) mass is 255 g/mol. The van der Waals surface area contributed by atoms with Crippen molar-refractivity contribution in [1.82, 2.24) is 5.32 Å². The molecule has 0 bridgehead atoms. The lowest BCUT2D eigenvalue weighted by molar-refractivity contribution is 0.433. The van der Waals surface area contributed by atoms with E-state index in [0.717, 1.165) is 13.0 Å². The van der Waals surface area contributed by atoms with Crippen molar-refractivity contribution in [1.29, 1.82) is 0 Å². The van der Waals surface area contributed by atoms with Gasteiger partial charge in [0, 0.05) is 12.0 Å². The van der Waals surface area contributed by atoms with Crippen molar-refractivity contribution in [2.75, 3.05) is 6.54 Å². The summed E-state index contributed by atoms with van der Waals surface area (Å²) < 4.78 is 5.20. The van der Waals surface area contributed by atoms with E-state index in [0.29, 0.717) is 12.0 Å². The molecular weight excluding hydrogens is 234 g/mol. The second-order valence-corrected chi connectivity index (χ2v) is 5.34. The first-order chi connectivity index (χ1) is 9.38. The van der Waals surface area contributed by atoms with E-state index in [9.17, 15) is 0 Å². The zero-order chi connectivity index (χ0) is 13.1. The van der Waals surface area contributed by atoms with Gasteiger partial charge < -0.3 is 9.73 Å². The van der Waals surface area contributed by atoms with Crippen LogP contribution in [-0.2, 0) is 12.8 Å².